The Kier molecular flexibility index (Phi) is 8.43. The third-order valence-corrected chi connectivity index (χ3v) is 7.11. The monoisotopic (exact) mass is 532 g/mol. The lowest BCUT2D eigenvalue weighted by molar-refractivity contribution is -0.139. The summed E-state index contributed by atoms with van der Waals surface area (Å²) in [5.41, 5.74) is 1.21. The van der Waals surface area contributed by atoms with Crippen LogP contribution in [0.1, 0.15) is 33.0 Å². The Morgan fingerprint density at radius 2 is 1.79 bits per heavy atom. The fraction of sp³-hybridized carbons (Fsp3) is 0.304. The number of allylic oxidation sites excluding steroid dienone is 1. The van der Waals surface area contributed by atoms with Crippen molar-refractivity contribution >= 4 is 51.9 Å². The first-order valence-corrected chi connectivity index (χ1v) is 12.4. The summed E-state index contributed by atoms with van der Waals surface area (Å²) in [5, 5.41) is 5.39. The van der Waals surface area contributed by atoms with Crippen LogP contribution in [0.25, 0.3) is 6.08 Å². The van der Waals surface area contributed by atoms with Crippen LogP contribution >= 0.6 is 23.2 Å². The van der Waals surface area contributed by atoms with Gasteiger partial charge in [0.25, 0.3) is 5.91 Å². The first-order chi connectivity index (χ1) is 15.9. The molecule has 0 bridgehead atoms. The van der Waals surface area contributed by atoms with Crippen LogP contribution in [0.15, 0.2) is 42.5 Å². The normalized spacial score (nSPS) is 18.9. The predicted molar refractivity (Wildman–Crippen MR) is 128 cm³/mol. The first-order valence-electron chi connectivity index (χ1n) is 10.2. The van der Waals surface area contributed by atoms with Gasteiger partial charge in [0.15, 0.2) is 0 Å². The van der Waals surface area contributed by atoms with E-state index >= 15 is 0 Å². The summed E-state index contributed by atoms with van der Waals surface area (Å²) < 4.78 is 52.0. The number of halogens is 5. The molecule has 0 aromatic heterocycles. The molecule has 34 heavy (non-hydrogen) atoms. The lowest BCUT2D eigenvalue weighted by Gasteiger charge is -2.25. The van der Waals surface area contributed by atoms with Crippen LogP contribution in [0.4, 0.5) is 13.2 Å². The lowest BCUT2D eigenvalue weighted by Crippen LogP contribution is -2.52. The maximum Gasteiger partial charge on any atom is 0.399 e. The molecule has 3 rings (SSSR count). The second-order valence-electron chi connectivity index (χ2n) is 7.88. The van der Waals surface area contributed by atoms with Crippen molar-refractivity contribution in [3.8, 4) is 0 Å². The van der Waals surface area contributed by atoms with Crippen molar-refractivity contribution in [1.29, 1.82) is 0 Å². The van der Waals surface area contributed by atoms with Crippen molar-refractivity contribution in [2.24, 2.45) is 0 Å². The lowest BCUT2D eigenvalue weighted by atomic mass is 9.96. The maximum absolute atomic E-state index is 13.7. The number of benzene rings is 2. The Bertz CT molecular complexity index is 1130. The van der Waals surface area contributed by atoms with Crippen LogP contribution in [0.2, 0.25) is 10.0 Å². The standard InChI is InChI=1S/C23H21Cl2F3N2O3S/c1-13-6-14(3-5-20(23(26,27)28)15-7-16(24)9-17(25)8-15)2-4-19(13)22(32)29-10-21(31)30-18-11-34(33)12-18/h2-9,18,20H,10-12H2,1H3,(H,29,32)(H,30,31)/b5-3+. The number of hydrogen-bond acceptors (Lipinski definition) is 3. The summed E-state index contributed by atoms with van der Waals surface area (Å²) in [7, 11) is -0.891. The van der Waals surface area contributed by atoms with Gasteiger partial charge in [-0.1, -0.05) is 47.5 Å². The Balaban J connectivity index is 1.67. The Labute approximate surface area is 207 Å². The van der Waals surface area contributed by atoms with Gasteiger partial charge >= 0.3 is 6.18 Å². The van der Waals surface area contributed by atoms with E-state index in [9.17, 15) is 27.0 Å². The molecule has 0 spiro atoms. The van der Waals surface area contributed by atoms with Crippen molar-refractivity contribution in [2.45, 2.75) is 25.1 Å². The number of hydrogen-bond donors (Lipinski definition) is 2. The minimum absolute atomic E-state index is 0.0830. The molecule has 1 aliphatic heterocycles. The van der Waals surface area contributed by atoms with Crippen LogP contribution in [-0.2, 0) is 15.6 Å². The largest absolute Gasteiger partial charge is 0.399 e. The fourth-order valence-electron chi connectivity index (χ4n) is 3.43. The molecule has 11 heteroatoms. The molecule has 2 amide bonds. The highest BCUT2D eigenvalue weighted by Gasteiger charge is 2.39. The Morgan fingerprint density at radius 1 is 1.15 bits per heavy atom. The first kappa shape index (κ1) is 26.2. The minimum atomic E-state index is -4.56. The van der Waals surface area contributed by atoms with Gasteiger partial charge in [-0.05, 0) is 47.9 Å². The molecule has 1 saturated heterocycles. The van der Waals surface area contributed by atoms with Crippen molar-refractivity contribution in [3.63, 3.8) is 0 Å². The Hall–Kier alpha value is -2.36. The van der Waals surface area contributed by atoms with E-state index in [-0.39, 0.29) is 34.1 Å². The number of carbonyl (C=O) groups is 2. The van der Waals surface area contributed by atoms with E-state index in [2.05, 4.69) is 10.6 Å². The average molecular weight is 533 g/mol. The fourth-order valence-corrected chi connectivity index (χ4v) is 4.94. The molecular formula is C23H21Cl2F3N2O3S. The van der Waals surface area contributed by atoms with E-state index < -0.39 is 28.8 Å². The van der Waals surface area contributed by atoms with E-state index in [1.54, 1.807) is 13.0 Å². The highest BCUT2D eigenvalue weighted by Crippen LogP contribution is 2.38. The third kappa shape index (κ3) is 7.07. The number of alkyl halides is 3. The highest BCUT2D eigenvalue weighted by atomic mass is 35.5. The molecule has 0 aliphatic carbocycles. The van der Waals surface area contributed by atoms with E-state index in [0.29, 0.717) is 28.2 Å². The summed E-state index contributed by atoms with van der Waals surface area (Å²) in [6, 6.07) is 8.23. The molecule has 1 atom stereocenters. The van der Waals surface area contributed by atoms with Gasteiger partial charge in [-0.25, -0.2) is 0 Å². The van der Waals surface area contributed by atoms with Gasteiger partial charge in [-0.2, -0.15) is 13.2 Å². The van der Waals surface area contributed by atoms with Gasteiger partial charge in [-0.3, -0.25) is 13.8 Å². The minimum Gasteiger partial charge on any atom is -0.350 e. The van der Waals surface area contributed by atoms with Crippen molar-refractivity contribution in [2.75, 3.05) is 18.1 Å². The SMILES string of the molecule is Cc1cc(/C=C/C(c2cc(Cl)cc(Cl)c2)C(F)(F)F)ccc1C(=O)NCC(=O)NC1CS(=O)C1. The molecule has 182 valence electrons. The van der Waals surface area contributed by atoms with Gasteiger partial charge < -0.3 is 10.6 Å². The van der Waals surface area contributed by atoms with Crippen LogP contribution in [-0.4, -0.2) is 46.3 Å². The average Bonchev–Trinajstić information content (AvgIpc) is 2.69. The number of amides is 2. The molecule has 0 radical (unpaired) electrons. The van der Waals surface area contributed by atoms with Crippen molar-refractivity contribution in [3.05, 3.63) is 74.8 Å². The smallest absolute Gasteiger partial charge is 0.350 e. The molecular weight excluding hydrogens is 512 g/mol. The molecule has 2 N–H and O–H groups in total. The summed E-state index contributed by atoms with van der Waals surface area (Å²) in [6.07, 6.45) is -2.24. The zero-order chi connectivity index (χ0) is 25.0. The number of nitrogens with one attached hydrogen (secondary N) is 2. The van der Waals surface area contributed by atoms with Gasteiger partial charge in [0.2, 0.25) is 5.91 Å². The zero-order valence-electron chi connectivity index (χ0n) is 17.9. The van der Waals surface area contributed by atoms with Crippen LogP contribution in [0.3, 0.4) is 0 Å². The maximum atomic E-state index is 13.7. The van der Waals surface area contributed by atoms with Crippen molar-refractivity contribution < 1.29 is 27.0 Å². The third-order valence-electron chi connectivity index (χ3n) is 5.12. The zero-order valence-corrected chi connectivity index (χ0v) is 20.2. The molecule has 0 saturated carbocycles. The summed E-state index contributed by atoms with van der Waals surface area (Å²) >= 11 is 11.7. The van der Waals surface area contributed by atoms with Crippen LogP contribution < -0.4 is 10.6 Å². The summed E-state index contributed by atoms with van der Waals surface area (Å²) in [5.74, 6) is -1.96. The van der Waals surface area contributed by atoms with Gasteiger partial charge in [-0.15, -0.1) is 0 Å². The predicted octanol–water partition coefficient (Wildman–Crippen LogP) is 4.64. The van der Waals surface area contributed by atoms with Gasteiger partial charge in [0.1, 0.15) is 0 Å². The van der Waals surface area contributed by atoms with Gasteiger partial charge in [0, 0.05) is 37.9 Å². The molecule has 1 fully saturated rings. The number of carbonyl (C=O) groups excluding carboxylic acids is 2. The second kappa shape index (κ2) is 10.9. The number of rotatable bonds is 7. The summed E-state index contributed by atoms with van der Waals surface area (Å²) in [4.78, 5) is 24.3. The van der Waals surface area contributed by atoms with E-state index in [1.165, 1.54) is 36.4 Å². The summed E-state index contributed by atoms with van der Waals surface area (Å²) in [6.45, 7) is 1.41. The van der Waals surface area contributed by atoms with Crippen LogP contribution in [0.5, 0.6) is 0 Å². The van der Waals surface area contributed by atoms with Crippen LogP contribution in [0, 0.1) is 6.92 Å². The van der Waals surface area contributed by atoms with E-state index in [4.69, 9.17) is 23.2 Å². The molecule has 1 aliphatic rings. The van der Waals surface area contributed by atoms with Crippen molar-refractivity contribution in [1.82, 2.24) is 10.6 Å². The van der Waals surface area contributed by atoms with E-state index in [0.717, 1.165) is 6.08 Å². The van der Waals surface area contributed by atoms with E-state index in [1.807, 2.05) is 0 Å². The quantitative estimate of drug-likeness (QED) is 0.545. The Morgan fingerprint density at radius 3 is 2.35 bits per heavy atom. The topological polar surface area (TPSA) is 75.3 Å². The molecule has 1 unspecified atom stereocenters. The molecule has 2 aromatic carbocycles. The highest BCUT2D eigenvalue weighted by molar-refractivity contribution is 7.86. The second-order valence-corrected chi connectivity index (χ2v) is 10.3. The van der Waals surface area contributed by atoms with Gasteiger partial charge in [0.05, 0.1) is 18.5 Å². The molecule has 5 nitrogen and oxygen atoms in total. The molecule has 2 aromatic rings. The number of aryl methyl sites for hydroxylation is 1. The molecule has 1 heterocycles.